The van der Waals surface area contributed by atoms with E-state index >= 15 is 0 Å². The minimum Gasteiger partial charge on any atom is -0.378 e. The Morgan fingerprint density at radius 3 is 2.67 bits per heavy atom. The summed E-state index contributed by atoms with van der Waals surface area (Å²) in [5.74, 6) is -0.0350. The van der Waals surface area contributed by atoms with Gasteiger partial charge in [0.1, 0.15) is 6.04 Å². The summed E-state index contributed by atoms with van der Waals surface area (Å²) < 4.78 is 5.35. The zero-order valence-electron chi connectivity index (χ0n) is 12.5. The summed E-state index contributed by atoms with van der Waals surface area (Å²) in [6, 6.07) is 7.87. The van der Waals surface area contributed by atoms with Crippen LogP contribution in [-0.2, 0) is 9.53 Å². The van der Waals surface area contributed by atoms with Crippen molar-refractivity contribution in [2.75, 3.05) is 43.1 Å². The third-order valence-corrected chi connectivity index (χ3v) is 3.44. The lowest BCUT2D eigenvalue weighted by Gasteiger charge is -2.29. The number of ether oxygens (including phenoxy) is 1. The van der Waals surface area contributed by atoms with Crippen molar-refractivity contribution in [3.05, 3.63) is 36.9 Å². The van der Waals surface area contributed by atoms with Gasteiger partial charge in [-0.3, -0.25) is 4.79 Å². The van der Waals surface area contributed by atoms with Crippen LogP contribution in [0, 0.1) is 0 Å². The molecule has 0 bridgehead atoms. The summed E-state index contributed by atoms with van der Waals surface area (Å²) in [6.07, 6.45) is 1.67. The number of carbonyl (C=O) groups excluding carboxylic acids is 1. The van der Waals surface area contributed by atoms with Gasteiger partial charge in [-0.1, -0.05) is 6.08 Å². The van der Waals surface area contributed by atoms with E-state index in [-0.39, 0.29) is 11.9 Å². The zero-order chi connectivity index (χ0) is 15.1. The van der Waals surface area contributed by atoms with Crippen LogP contribution in [0.3, 0.4) is 0 Å². The molecule has 1 aromatic rings. The first-order chi connectivity index (χ1) is 10.2. The number of benzene rings is 1. The molecular weight excluding hydrogens is 266 g/mol. The maximum atomic E-state index is 11.8. The van der Waals surface area contributed by atoms with Crippen LogP contribution >= 0.6 is 0 Å². The average molecular weight is 289 g/mol. The van der Waals surface area contributed by atoms with Crippen LogP contribution in [0.25, 0.3) is 0 Å². The summed E-state index contributed by atoms with van der Waals surface area (Å²) in [5.41, 5.74) is 2.13. The number of nitrogens with zero attached hydrogens (tertiary/aromatic N) is 1. The highest BCUT2D eigenvalue weighted by atomic mass is 16.5. The van der Waals surface area contributed by atoms with E-state index in [1.54, 1.807) is 6.08 Å². The number of hydrogen-bond donors (Lipinski definition) is 2. The predicted molar refractivity (Wildman–Crippen MR) is 85.8 cm³/mol. The standard InChI is InChI=1S/C16H23N3O2/c1-3-8-17-16(20)13(2)18-14-4-6-15(7-5-14)19-9-11-21-12-10-19/h3-7,13,18H,1,8-12H2,2H3,(H,17,20). The molecule has 1 fully saturated rings. The molecule has 1 atom stereocenters. The number of rotatable bonds is 6. The molecule has 21 heavy (non-hydrogen) atoms. The van der Waals surface area contributed by atoms with E-state index in [4.69, 9.17) is 4.74 Å². The van der Waals surface area contributed by atoms with Gasteiger partial charge in [0.15, 0.2) is 0 Å². The summed E-state index contributed by atoms with van der Waals surface area (Å²) in [7, 11) is 0. The molecule has 5 nitrogen and oxygen atoms in total. The van der Waals surface area contributed by atoms with Gasteiger partial charge in [0.2, 0.25) is 5.91 Å². The summed E-state index contributed by atoms with van der Waals surface area (Å²) >= 11 is 0. The monoisotopic (exact) mass is 289 g/mol. The molecule has 2 N–H and O–H groups in total. The van der Waals surface area contributed by atoms with Gasteiger partial charge in [-0.2, -0.15) is 0 Å². The molecule has 0 aliphatic carbocycles. The van der Waals surface area contributed by atoms with Crippen molar-refractivity contribution in [3.8, 4) is 0 Å². The van der Waals surface area contributed by atoms with E-state index in [1.165, 1.54) is 5.69 Å². The average Bonchev–Trinajstić information content (AvgIpc) is 2.54. The highest BCUT2D eigenvalue weighted by Gasteiger charge is 2.13. The van der Waals surface area contributed by atoms with Crippen LogP contribution in [0.2, 0.25) is 0 Å². The first-order valence-electron chi connectivity index (χ1n) is 7.28. The fourth-order valence-electron chi connectivity index (χ4n) is 2.23. The van der Waals surface area contributed by atoms with Crippen molar-refractivity contribution in [3.63, 3.8) is 0 Å². The van der Waals surface area contributed by atoms with Crippen LogP contribution < -0.4 is 15.5 Å². The highest BCUT2D eigenvalue weighted by molar-refractivity contribution is 5.84. The molecule has 1 saturated heterocycles. The molecule has 1 aliphatic heterocycles. The normalized spacial score (nSPS) is 16.1. The fourth-order valence-corrected chi connectivity index (χ4v) is 2.23. The number of nitrogens with one attached hydrogen (secondary N) is 2. The van der Waals surface area contributed by atoms with Crippen LogP contribution in [0.5, 0.6) is 0 Å². The zero-order valence-corrected chi connectivity index (χ0v) is 12.5. The molecule has 1 unspecified atom stereocenters. The van der Waals surface area contributed by atoms with E-state index in [2.05, 4.69) is 34.2 Å². The Balaban J connectivity index is 1.89. The molecule has 1 aliphatic rings. The van der Waals surface area contributed by atoms with Crippen molar-refractivity contribution in [1.29, 1.82) is 0 Å². The van der Waals surface area contributed by atoms with Crippen LogP contribution in [-0.4, -0.2) is 44.8 Å². The van der Waals surface area contributed by atoms with Crippen LogP contribution in [0.4, 0.5) is 11.4 Å². The van der Waals surface area contributed by atoms with E-state index < -0.39 is 0 Å². The van der Waals surface area contributed by atoms with Crippen LogP contribution in [0.15, 0.2) is 36.9 Å². The molecule has 1 heterocycles. The third-order valence-electron chi connectivity index (χ3n) is 3.44. The summed E-state index contributed by atoms with van der Waals surface area (Å²) in [6.45, 7) is 9.31. The van der Waals surface area contributed by atoms with Crippen molar-refractivity contribution in [2.24, 2.45) is 0 Å². The Labute approximate surface area is 126 Å². The lowest BCUT2D eigenvalue weighted by atomic mass is 10.2. The van der Waals surface area contributed by atoms with Gasteiger partial charge in [-0.25, -0.2) is 0 Å². The predicted octanol–water partition coefficient (Wildman–Crippen LogP) is 1.63. The molecule has 0 aromatic heterocycles. The van der Waals surface area contributed by atoms with E-state index in [9.17, 15) is 4.79 Å². The van der Waals surface area contributed by atoms with Gasteiger partial charge in [-0.15, -0.1) is 6.58 Å². The van der Waals surface area contributed by atoms with Gasteiger partial charge in [0.05, 0.1) is 13.2 Å². The van der Waals surface area contributed by atoms with Crippen molar-refractivity contribution < 1.29 is 9.53 Å². The van der Waals surface area contributed by atoms with E-state index in [1.807, 2.05) is 19.1 Å². The van der Waals surface area contributed by atoms with Gasteiger partial charge in [0.25, 0.3) is 0 Å². The molecule has 0 spiro atoms. The number of morpholine rings is 1. The maximum absolute atomic E-state index is 11.8. The molecule has 114 valence electrons. The number of hydrogen-bond acceptors (Lipinski definition) is 4. The van der Waals surface area contributed by atoms with Gasteiger partial charge < -0.3 is 20.3 Å². The highest BCUT2D eigenvalue weighted by Crippen LogP contribution is 2.19. The molecule has 2 rings (SSSR count). The summed E-state index contributed by atoms with van der Waals surface area (Å²) in [5, 5.41) is 5.96. The van der Waals surface area contributed by atoms with E-state index in [0.29, 0.717) is 6.54 Å². The Hall–Kier alpha value is -2.01. The largest absolute Gasteiger partial charge is 0.378 e. The lowest BCUT2D eigenvalue weighted by Crippen LogP contribution is -2.37. The Morgan fingerprint density at radius 1 is 1.38 bits per heavy atom. The molecule has 0 saturated carbocycles. The number of carbonyl (C=O) groups is 1. The van der Waals surface area contributed by atoms with E-state index in [0.717, 1.165) is 32.0 Å². The molecule has 1 aromatic carbocycles. The Morgan fingerprint density at radius 2 is 2.05 bits per heavy atom. The number of anilines is 2. The first-order valence-corrected chi connectivity index (χ1v) is 7.28. The van der Waals surface area contributed by atoms with Crippen LogP contribution in [0.1, 0.15) is 6.92 Å². The SMILES string of the molecule is C=CCNC(=O)C(C)Nc1ccc(N2CCOCC2)cc1. The Bertz CT molecular complexity index is 467. The van der Waals surface area contributed by atoms with Gasteiger partial charge in [-0.05, 0) is 31.2 Å². The second kappa shape index (κ2) is 7.69. The summed E-state index contributed by atoms with van der Waals surface area (Å²) in [4.78, 5) is 14.1. The smallest absolute Gasteiger partial charge is 0.242 e. The lowest BCUT2D eigenvalue weighted by molar-refractivity contribution is -0.121. The molecule has 5 heteroatoms. The topological polar surface area (TPSA) is 53.6 Å². The maximum Gasteiger partial charge on any atom is 0.242 e. The van der Waals surface area contributed by atoms with Gasteiger partial charge >= 0.3 is 0 Å². The first kappa shape index (κ1) is 15.4. The molecule has 1 amide bonds. The quantitative estimate of drug-likeness (QED) is 0.782. The minimum absolute atomic E-state index is 0.0350. The van der Waals surface area contributed by atoms with Crippen molar-refractivity contribution in [1.82, 2.24) is 5.32 Å². The van der Waals surface area contributed by atoms with Crippen molar-refractivity contribution >= 4 is 17.3 Å². The second-order valence-corrected chi connectivity index (χ2v) is 5.05. The Kier molecular flexibility index (Phi) is 5.63. The van der Waals surface area contributed by atoms with Crippen molar-refractivity contribution in [2.45, 2.75) is 13.0 Å². The second-order valence-electron chi connectivity index (χ2n) is 5.05. The molecular formula is C16H23N3O2. The molecule has 0 radical (unpaired) electrons. The number of amides is 1. The third kappa shape index (κ3) is 4.49. The fraction of sp³-hybridized carbons (Fsp3) is 0.438. The minimum atomic E-state index is -0.279. The van der Waals surface area contributed by atoms with Gasteiger partial charge in [0, 0.05) is 31.0 Å².